The SMILES string of the molecule is CCCC1CCC(=O)C(Cc2ccco2)C1. The molecule has 1 aliphatic rings. The van der Waals surface area contributed by atoms with Gasteiger partial charge in [-0.25, -0.2) is 0 Å². The van der Waals surface area contributed by atoms with E-state index in [9.17, 15) is 4.79 Å². The third-order valence-corrected chi connectivity index (χ3v) is 3.60. The van der Waals surface area contributed by atoms with Crippen LogP contribution in [0.3, 0.4) is 0 Å². The Morgan fingerprint density at radius 2 is 2.38 bits per heavy atom. The summed E-state index contributed by atoms with van der Waals surface area (Å²) in [7, 11) is 0. The number of rotatable bonds is 4. The van der Waals surface area contributed by atoms with Crippen molar-refractivity contribution in [3.8, 4) is 0 Å². The summed E-state index contributed by atoms with van der Waals surface area (Å²) in [6.07, 6.45) is 7.91. The molecule has 0 aromatic carbocycles. The van der Waals surface area contributed by atoms with E-state index in [-0.39, 0.29) is 5.92 Å². The molecule has 16 heavy (non-hydrogen) atoms. The quantitative estimate of drug-likeness (QED) is 0.776. The minimum absolute atomic E-state index is 0.205. The van der Waals surface area contributed by atoms with Gasteiger partial charge < -0.3 is 4.42 Å². The minimum atomic E-state index is 0.205. The number of hydrogen-bond donors (Lipinski definition) is 0. The number of ketones is 1. The smallest absolute Gasteiger partial charge is 0.136 e. The van der Waals surface area contributed by atoms with Crippen molar-refractivity contribution in [2.75, 3.05) is 0 Å². The molecule has 0 saturated heterocycles. The van der Waals surface area contributed by atoms with Gasteiger partial charge in [0.2, 0.25) is 0 Å². The first kappa shape index (κ1) is 11.4. The van der Waals surface area contributed by atoms with Crippen molar-refractivity contribution >= 4 is 5.78 Å². The molecule has 1 heterocycles. The van der Waals surface area contributed by atoms with Crippen molar-refractivity contribution in [3.63, 3.8) is 0 Å². The summed E-state index contributed by atoms with van der Waals surface area (Å²) in [4.78, 5) is 11.8. The second-order valence-electron chi connectivity index (χ2n) is 4.88. The monoisotopic (exact) mass is 220 g/mol. The molecule has 2 nitrogen and oxygen atoms in total. The van der Waals surface area contributed by atoms with Gasteiger partial charge in [0.1, 0.15) is 11.5 Å². The molecule has 1 saturated carbocycles. The molecule has 2 rings (SSSR count). The highest BCUT2D eigenvalue weighted by molar-refractivity contribution is 5.81. The maximum atomic E-state index is 11.8. The fourth-order valence-corrected chi connectivity index (χ4v) is 2.74. The maximum Gasteiger partial charge on any atom is 0.136 e. The predicted molar refractivity (Wildman–Crippen MR) is 63.2 cm³/mol. The Kier molecular flexibility index (Phi) is 3.81. The average Bonchev–Trinajstić information content (AvgIpc) is 2.76. The Hall–Kier alpha value is -1.05. The number of carbonyl (C=O) groups excluding carboxylic acids is 1. The van der Waals surface area contributed by atoms with Crippen LogP contribution >= 0.6 is 0 Å². The van der Waals surface area contributed by atoms with E-state index in [1.807, 2.05) is 12.1 Å². The molecule has 2 atom stereocenters. The molecule has 1 fully saturated rings. The average molecular weight is 220 g/mol. The van der Waals surface area contributed by atoms with Crippen molar-refractivity contribution < 1.29 is 9.21 Å². The van der Waals surface area contributed by atoms with Crippen LogP contribution in [0, 0.1) is 11.8 Å². The van der Waals surface area contributed by atoms with E-state index in [0.717, 1.165) is 37.4 Å². The number of Topliss-reactive ketones (excluding diaryl/α,β-unsaturated/α-hetero) is 1. The molecule has 0 aliphatic heterocycles. The van der Waals surface area contributed by atoms with Crippen molar-refractivity contribution in [1.29, 1.82) is 0 Å². The fraction of sp³-hybridized carbons (Fsp3) is 0.643. The molecule has 0 bridgehead atoms. The molecular formula is C14H20O2. The highest BCUT2D eigenvalue weighted by Gasteiger charge is 2.28. The lowest BCUT2D eigenvalue weighted by atomic mass is 9.77. The summed E-state index contributed by atoms with van der Waals surface area (Å²) >= 11 is 0. The lowest BCUT2D eigenvalue weighted by Gasteiger charge is -2.27. The summed E-state index contributed by atoms with van der Waals surface area (Å²) < 4.78 is 5.33. The van der Waals surface area contributed by atoms with Crippen LogP contribution in [-0.4, -0.2) is 5.78 Å². The van der Waals surface area contributed by atoms with Crippen molar-refractivity contribution in [3.05, 3.63) is 24.2 Å². The zero-order valence-electron chi connectivity index (χ0n) is 9.95. The maximum absolute atomic E-state index is 11.8. The summed E-state index contributed by atoms with van der Waals surface area (Å²) in [6.45, 7) is 2.22. The first-order chi connectivity index (χ1) is 7.79. The lowest BCUT2D eigenvalue weighted by molar-refractivity contribution is -0.125. The molecule has 88 valence electrons. The van der Waals surface area contributed by atoms with Gasteiger partial charge in [-0.15, -0.1) is 0 Å². The Labute approximate surface area is 97.0 Å². The molecule has 0 amide bonds. The highest BCUT2D eigenvalue weighted by atomic mass is 16.3. The van der Waals surface area contributed by atoms with E-state index in [1.165, 1.54) is 12.8 Å². The van der Waals surface area contributed by atoms with Gasteiger partial charge in [-0.2, -0.15) is 0 Å². The number of furan rings is 1. The molecule has 1 aromatic heterocycles. The van der Waals surface area contributed by atoms with Gasteiger partial charge in [-0.05, 0) is 30.9 Å². The third-order valence-electron chi connectivity index (χ3n) is 3.60. The van der Waals surface area contributed by atoms with E-state index in [2.05, 4.69) is 6.92 Å². The highest BCUT2D eigenvalue weighted by Crippen LogP contribution is 2.31. The first-order valence-electron chi connectivity index (χ1n) is 6.34. The van der Waals surface area contributed by atoms with Crippen LogP contribution in [0.25, 0.3) is 0 Å². The Bertz CT molecular complexity index is 327. The van der Waals surface area contributed by atoms with E-state index < -0.39 is 0 Å². The summed E-state index contributed by atoms with van der Waals surface area (Å²) in [6, 6.07) is 3.86. The van der Waals surface area contributed by atoms with Gasteiger partial charge in [0.15, 0.2) is 0 Å². The van der Waals surface area contributed by atoms with Gasteiger partial charge in [-0.1, -0.05) is 19.8 Å². The van der Waals surface area contributed by atoms with Crippen molar-refractivity contribution in [1.82, 2.24) is 0 Å². The first-order valence-corrected chi connectivity index (χ1v) is 6.34. The van der Waals surface area contributed by atoms with Crippen LogP contribution in [0.5, 0.6) is 0 Å². The van der Waals surface area contributed by atoms with Gasteiger partial charge in [0, 0.05) is 18.8 Å². The second kappa shape index (κ2) is 5.33. The molecular weight excluding hydrogens is 200 g/mol. The van der Waals surface area contributed by atoms with Gasteiger partial charge >= 0.3 is 0 Å². The van der Waals surface area contributed by atoms with Crippen LogP contribution in [0.15, 0.2) is 22.8 Å². The molecule has 0 N–H and O–H groups in total. The van der Waals surface area contributed by atoms with Crippen LogP contribution in [-0.2, 0) is 11.2 Å². The van der Waals surface area contributed by atoms with Crippen LogP contribution < -0.4 is 0 Å². The lowest BCUT2D eigenvalue weighted by Crippen LogP contribution is -2.26. The van der Waals surface area contributed by atoms with Crippen LogP contribution in [0.1, 0.15) is 44.8 Å². The van der Waals surface area contributed by atoms with Crippen molar-refractivity contribution in [2.45, 2.75) is 45.4 Å². The van der Waals surface area contributed by atoms with Gasteiger partial charge in [0.05, 0.1) is 6.26 Å². The zero-order chi connectivity index (χ0) is 11.4. The van der Waals surface area contributed by atoms with Crippen LogP contribution in [0.4, 0.5) is 0 Å². The molecule has 0 spiro atoms. The van der Waals surface area contributed by atoms with Crippen molar-refractivity contribution in [2.24, 2.45) is 11.8 Å². The summed E-state index contributed by atoms with van der Waals surface area (Å²) in [5, 5.41) is 0. The topological polar surface area (TPSA) is 30.2 Å². The molecule has 1 aliphatic carbocycles. The third kappa shape index (κ3) is 2.75. The molecule has 2 heteroatoms. The van der Waals surface area contributed by atoms with E-state index in [4.69, 9.17) is 4.42 Å². The number of hydrogen-bond acceptors (Lipinski definition) is 2. The normalized spacial score (nSPS) is 25.9. The Morgan fingerprint density at radius 3 is 3.06 bits per heavy atom. The van der Waals surface area contributed by atoms with E-state index in [1.54, 1.807) is 6.26 Å². The summed E-state index contributed by atoms with van der Waals surface area (Å²) in [5.41, 5.74) is 0. The Balaban J connectivity index is 1.93. The van der Waals surface area contributed by atoms with Crippen LogP contribution in [0.2, 0.25) is 0 Å². The largest absolute Gasteiger partial charge is 0.469 e. The Morgan fingerprint density at radius 1 is 1.50 bits per heavy atom. The second-order valence-corrected chi connectivity index (χ2v) is 4.88. The van der Waals surface area contributed by atoms with E-state index in [0.29, 0.717) is 5.78 Å². The molecule has 1 aromatic rings. The molecule has 0 radical (unpaired) electrons. The van der Waals surface area contributed by atoms with E-state index >= 15 is 0 Å². The van der Waals surface area contributed by atoms with Gasteiger partial charge in [-0.3, -0.25) is 4.79 Å². The molecule has 2 unspecified atom stereocenters. The van der Waals surface area contributed by atoms with Gasteiger partial charge in [0.25, 0.3) is 0 Å². The fourth-order valence-electron chi connectivity index (χ4n) is 2.74. The minimum Gasteiger partial charge on any atom is -0.469 e. The predicted octanol–water partition coefficient (Wildman–Crippen LogP) is 3.61. The standard InChI is InChI=1S/C14H20O2/c1-2-4-11-6-7-14(15)12(9-11)10-13-5-3-8-16-13/h3,5,8,11-12H,2,4,6-7,9-10H2,1H3. The zero-order valence-corrected chi connectivity index (χ0v) is 9.95. The number of carbonyl (C=O) groups is 1. The summed E-state index contributed by atoms with van der Waals surface area (Å²) in [5.74, 6) is 2.35.